The van der Waals surface area contributed by atoms with Gasteiger partial charge in [0.15, 0.2) is 0 Å². The van der Waals surface area contributed by atoms with E-state index in [0.29, 0.717) is 19.6 Å². The predicted octanol–water partition coefficient (Wildman–Crippen LogP) is 2.23. The molecule has 0 aliphatic heterocycles. The Kier molecular flexibility index (Phi) is 7.47. The Morgan fingerprint density at radius 1 is 1.32 bits per heavy atom. The van der Waals surface area contributed by atoms with Crippen molar-refractivity contribution in [3.05, 3.63) is 48.0 Å². The maximum Gasteiger partial charge on any atom is 0.220 e. The van der Waals surface area contributed by atoms with E-state index in [1.54, 1.807) is 6.20 Å². The molecular formula is C19H28N4O2. The van der Waals surface area contributed by atoms with Crippen LogP contribution in [0, 0.1) is 6.92 Å². The second kappa shape index (κ2) is 9.84. The largest absolute Gasteiger partial charge is 0.492 e. The van der Waals surface area contributed by atoms with Crippen molar-refractivity contribution in [3.8, 4) is 5.75 Å². The van der Waals surface area contributed by atoms with E-state index in [4.69, 9.17) is 4.74 Å². The van der Waals surface area contributed by atoms with Crippen LogP contribution in [-0.2, 0) is 17.9 Å². The molecule has 6 nitrogen and oxygen atoms in total. The molecule has 136 valence electrons. The highest BCUT2D eigenvalue weighted by Gasteiger charge is 2.06. The molecule has 1 heterocycles. The van der Waals surface area contributed by atoms with E-state index in [-0.39, 0.29) is 5.91 Å². The Morgan fingerprint density at radius 2 is 2.12 bits per heavy atom. The van der Waals surface area contributed by atoms with Gasteiger partial charge in [-0.25, -0.2) is 4.98 Å². The van der Waals surface area contributed by atoms with E-state index in [2.05, 4.69) is 19.8 Å². The highest BCUT2D eigenvalue weighted by atomic mass is 16.5. The predicted molar refractivity (Wildman–Crippen MR) is 98.5 cm³/mol. The summed E-state index contributed by atoms with van der Waals surface area (Å²) in [4.78, 5) is 18.3. The average Bonchev–Trinajstić information content (AvgIpc) is 2.99. The first kappa shape index (κ1) is 19.0. The molecule has 25 heavy (non-hydrogen) atoms. The Labute approximate surface area is 149 Å². The summed E-state index contributed by atoms with van der Waals surface area (Å²) in [6.45, 7) is 4.74. The standard InChI is InChI=1S/C19H28N4O2/c1-16-20-10-12-23(16)11-6-9-19(24)21-15-17-7-4-5-8-18(17)25-14-13-22(2)3/h4-5,7-8,10,12H,6,9,11,13-15H2,1-3H3,(H,21,24). The minimum Gasteiger partial charge on any atom is -0.492 e. The van der Waals surface area contributed by atoms with Gasteiger partial charge in [-0.3, -0.25) is 4.79 Å². The highest BCUT2D eigenvalue weighted by molar-refractivity contribution is 5.75. The van der Waals surface area contributed by atoms with Crippen molar-refractivity contribution in [3.63, 3.8) is 0 Å². The van der Waals surface area contributed by atoms with E-state index in [1.165, 1.54) is 0 Å². The molecule has 0 bridgehead atoms. The summed E-state index contributed by atoms with van der Waals surface area (Å²) in [5.41, 5.74) is 1.00. The molecule has 2 rings (SSSR count). The van der Waals surface area contributed by atoms with Crippen LogP contribution in [0.15, 0.2) is 36.7 Å². The van der Waals surface area contributed by atoms with Crippen LogP contribution in [0.1, 0.15) is 24.2 Å². The molecule has 6 heteroatoms. The fourth-order valence-corrected chi connectivity index (χ4v) is 2.46. The van der Waals surface area contributed by atoms with Gasteiger partial charge in [0.25, 0.3) is 0 Å². The molecule has 1 N–H and O–H groups in total. The lowest BCUT2D eigenvalue weighted by atomic mass is 10.2. The number of ether oxygens (including phenoxy) is 1. The van der Waals surface area contributed by atoms with Crippen molar-refractivity contribution >= 4 is 5.91 Å². The molecule has 0 radical (unpaired) electrons. The number of aryl methyl sites for hydroxylation is 2. The fraction of sp³-hybridized carbons (Fsp3) is 0.474. The fourth-order valence-electron chi connectivity index (χ4n) is 2.46. The third-order valence-electron chi connectivity index (χ3n) is 3.97. The van der Waals surface area contributed by atoms with Crippen molar-refractivity contribution in [1.82, 2.24) is 19.8 Å². The maximum atomic E-state index is 12.1. The van der Waals surface area contributed by atoms with E-state index in [9.17, 15) is 4.79 Å². The third-order valence-corrected chi connectivity index (χ3v) is 3.97. The van der Waals surface area contributed by atoms with E-state index < -0.39 is 0 Å². The molecule has 0 atom stereocenters. The van der Waals surface area contributed by atoms with Crippen molar-refractivity contribution in [2.45, 2.75) is 32.9 Å². The topological polar surface area (TPSA) is 59.4 Å². The van der Waals surface area contributed by atoms with Crippen molar-refractivity contribution in [2.75, 3.05) is 27.2 Å². The molecule has 1 aromatic carbocycles. The second-order valence-electron chi connectivity index (χ2n) is 6.31. The van der Waals surface area contributed by atoms with Gasteiger partial charge in [0, 0.05) is 44.0 Å². The van der Waals surface area contributed by atoms with Crippen LogP contribution in [-0.4, -0.2) is 47.6 Å². The molecule has 0 aliphatic rings. The number of aromatic nitrogens is 2. The van der Waals surface area contributed by atoms with E-state index in [1.807, 2.05) is 51.5 Å². The van der Waals surface area contributed by atoms with Crippen molar-refractivity contribution < 1.29 is 9.53 Å². The Morgan fingerprint density at radius 3 is 2.84 bits per heavy atom. The number of hydrogen-bond acceptors (Lipinski definition) is 4. The normalized spacial score (nSPS) is 10.9. The van der Waals surface area contributed by atoms with Gasteiger partial charge in [0.2, 0.25) is 5.91 Å². The lowest BCUT2D eigenvalue weighted by Crippen LogP contribution is -2.24. The van der Waals surface area contributed by atoms with E-state index >= 15 is 0 Å². The lowest BCUT2D eigenvalue weighted by Gasteiger charge is -2.14. The number of nitrogens with zero attached hydrogens (tertiary/aromatic N) is 3. The Bertz CT molecular complexity index is 667. The van der Waals surface area contributed by atoms with Crippen LogP contribution >= 0.6 is 0 Å². The number of benzene rings is 1. The van der Waals surface area contributed by atoms with Gasteiger partial charge in [-0.15, -0.1) is 0 Å². The second-order valence-corrected chi connectivity index (χ2v) is 6.31. The Balaban J connectivity index is 1.74. The van der Waals surface area contributed by atoms with Gasteiger partial charge in [0.1, 0.15) is 18.2 Å². The minimum absolute atomic E-state index is 0.0564. The molecule has 0 unspecified atom stereocenters. The lowest BCUT2D eigenvalue weighted by molar-refractivity contribution is -0.121. The maximum absolute atomic E-state index is 12.1. The third kappa shape index (κ3) is 6.58. The van der Waals surface area contributed by atoms with Gasteiger partial charge in [0.05, 0.1) is 0 Å². The molecule has 1 amide bonds. The zero-order chi connectivity index (χ0) is 18.1. The first-order valence-corrected chi connectivity index (χ1v) is 8.66. The number of carbonyl (C=O) groups is 1. The first-order valence-electron chi connectivity index (χ1n) is 8.66. The van der Waals surface area contributed by atoms with Crippen LogP contribution in [0.2, 0.25) is 0 Å². The van der Waals surface area contributed by atoms with Gasteiger partial charge in [-0.05, 0) is 33.5 Å². The Hall–Kier alpha value is -2.34. The number of para-hydroxylation sites is 1. The summed E-state index contributed by atoms with van der Waals surface area (Å²) < 4.78 is 7.88. The molecule has 2 aromatic rings. The average molecular weight is 344 g/mol. The van der Waals surface area contributed by atoms with Crippen LogP contribution in [0.25, 0.3) is 0 Å². The zero-order valence-electron chi connectivity index (χ0n) is 15.4. The summed E-state index contributed by atoms with van der Waals surface area (Å²) in [6.07, 6.45) is 5.02. The number of hydrogen-bond donors (Lipinski definition) is 1. The SMILES string of the molecule is Cc1nccn1CCCC(=O)NCc1ccccc1OCCN(C)C. The van der Waals surface area contributed by atoms with Gasteiger partial charge < -0.3 is 19.5 Å². The summed E-state index contributed by atoms with van der Waals surface area (Å²) in [7, 11) is 4.03. The first-order chi connectivity index (χ1) is 12.1. The zero-order valence-corrected chi connectivity index (χ0v) is 15.4. The molecular weight excluding hydrogens is 316 g/mol. The number of rotatable bonds is 10. The number of carbonyl (C=O) groups excluding carboxylic acids is 1. The van der Waals surface area contributed by atoms with Gasteiger partial charge in [-0.1, -0.05) is 18.2 Å². The van der Waals surface area contributed by atoms with Crippen LogP contribution in [0.4, 0.5) is 0 Å². The summed E-state index contributed by atoms with van der Waals surface area (Å²) in [5, 5.41) is 2.98. The van der Waals surface area contributed by atoms with Gasteiger partial charge in [-0.2, -0.15) is 0 Å². The number of amides is 1. The number of imidazole rings is 1. The molecule has 1 aromatic heterocycles. The summed E-state index contributed by atoms with van der Waals surface area (Å²) >= 11 is 0. The highest BCUT2D eigenvalue weighted by Crippen LogP contribution is 2.17. The quantitative estimate of drug-likeness (QED) is 0.718. The van der Waals surface area contributed by atoms with Gasteiger partial charge >= 0.3 is 0 Å². The number of nitrogens with one attached hydrogen (secondary N) is 1. The number of likely N-dealkylation sites (N-methyl/N-ethyl adjacent to an activating group) is 1. The smallest absolute Gasteiger partial charge is 0.220 e. The summed E-state index contributed by atoms with van der Waals surface area (Å²) in [6, 6.07) is 7.84. The minimum atomic E-state index is 0.0564. The molecule has 0 saturated heterocycles. The van der Waals surface area contributed by atoms with E-state index in [0.717, 1.165) is 36.6 Å². The van der Waals surface area contributed by atoms with Crippen molar-refractivity contribution in [1.29, 1.82) is 0 Å². The monoisotopic (exact) mass is 344 g/mol. The molecule has 0 aliphatic carbocycles. The summed E-state index contributed by atoms with van der Waals surface area (Å²) in [5.74, 6) is 1.86. The molecule has 0 saturated carbocycles. The molecule has 0 fully saturated rings. The van der Waals surface area contributed by atoms with Crippen molar-refractivity contribution in [2.24, 2.45) is 0 Å². The van der Waals surface area contributed by atoms with Crippen LogP contribution in [0.3, 0.4) is 0 Å². The van der Waals surface area contributed by atoms with Crippen LogP contribution in [0.5, 0.6) is 5.75 Å². The van der Waals surface area contributed by atoms with Crippen LogP contribution < -0.4 is 10.1 Å². The molecule has 0 spiro atoms.